The Hall–Kier alpha value is -0.470. The van der Waals surface area contributed by atoms with E-state index in [-0.39, 0.29) is 0 Å². The summed E-state index contributed by atoms with van der Waals surface area (Å²) in [5.74, 6) is 2.04. The summed E-state index contributed by atoms with van der Waals surface area (Å²) in [5.41, 5.74) is 2.10. The van der Waals surface area contributed by atoms with Gasteiger partial charge in [-0.3, -0.25) is 0 Å². The first-order chi connectivity index (χ1) is 9.76. The van der Waals surface area contributed by atoms with E-state index in [9.17, 15) is 0 Å². The molecule has 1 heterocycles. The molecule has 0 bridgehead atoms. The maximum absolute atomic E-state index is 3.79. The average Bonchev–Trinajstić information content (AvgIpc) is 3.25. The third-order valence-corrected chi connectivity index (χ3v) is 6.57. The molecule has 110 valence electrons. The van der Waals surface area contributed by atoms with Crippen LogP contribution in [0.1, 0.15) is 57.4 Å². The standard InChI is InChI=1S/C18H27NS/c1-3-18(4-2,13-19-15-9-10-15)11-14-12-20-17-8-6-5-7-16(14)17/h5-8,14-15,19H,3-4,9-13H2,1-2H3. The first-order valence-electron chi connectivity index (χ1n) is 8.21. The van der Waals surface area contributed by atoms with Crippen LogP contribution in [-0.4, -0.2) is 18.3 Å². The second-order valence-electron chi connectivity index (χ2n) is 6.61. The molecule has 2 aliphatic rings. The van der Waals surface area contributed by atoms with Gasteiger partial charge in [0.15, 0.2) is 0 Å². The van der Waals surface area contributed by atoms with Crippen LogP contribution in [0.2, 0.25) is 0 Å². The fourth-order valence-corrected chi connectivity index (χ4v) is 4.68. The van der Waals surface area contributed by atoms with Gasteiger partial charge in [0.05, 0.1) is 0 Å². The van der Waals surface area contributed by atoms with Crippen LogP contribution >= 0.6 is 11.8 Å². The Balaban J connectivity index is 1.69. The van der Waals surface area contributed by atoms with Crippen LogP contribution in [0.4, 0.5) is 0 Å². The van der Waals surface area contributed by atoms with Crippen molar-refractivity contribution in [3.8, 4) is 0 Å². The number of hydrogen-bond acceptors (Lipinski definition) is 2. The lowest BCUT2D eigenvalue weighted by atomic mass is 9.73. The van der Waals surface area contributed by atoms with Crippen LogP contribution in [-0.2, 0) is 0 Å². The predicted molar refractivity (Wildman–Crippen MR) is 88.6 cm³/mol. The van der Waals surface area contributed by atoms with Crippen molar-refractivity contribution in [3.05, 3.63) is 29.8 Å². The topological polar surface area (TPSA) is 12.0 Å². The van der Waals surface area contributed by atoms with Crippen LogP contribution in [0.5, 0.6) is 0 Å². The van der Waals surface area contributed by atoms with Crippen molar-refractivity contribution in [3.63, 3.8) is 0 Å². The molecule has 1 aromatic carbocycles. The molecular weight excluding hydrogens is 262 g/mol. The second kappa shape index (κ2) is 6.11. The van der Waals surface area contributed by atoms with Gasteiger partial charge < -0.3 is 5.32 Å². The molecule has 2 heteroatoms. The molecule has 0 radical (unpaired) electrons. The van der Waals surface area contributed by atoms with Crippen molar-refractivity contribution >= 4 is 11.8 Å². The number of hydrogen-bond donors (Lipinski definition) is 1. The van der Waals surface area contributed by atoms with E-state index in [0.717, 1.165) is 12.0 Å². The van der Waals surface area contributed by atoms with E-state index in [4.69, 9.17) is 0 Å². The molecule has 1 aliphatic carbocycles. The molecule has 3 rings (SSSR count). The van der Waals surface area contributed by atoms with Crippen molar-refractivity contribution < 1.29 is 0 Å². The lowest BCUT2D eigenvalue weighted by Crippen LogP contribution is -2.36. The highest BCUT2D eigenvalue weighted by atomic mass is 32.2. The van der Waals surface area contributed by atoms with Gasteiger partial charge in [-0.1, -0.05) is 32.0 Å². The summed E-state index contributed by atoms with van der Waals surface area (Å²) < 4.78 is 0. The molecule has 0 spiro atoms. The third-order valence-electron chi connectivity index (χ3n) is 5.32. The minimum absolute atomic E-state index is 0.491. The van der Waals surface area contributed by atoms with Gasteiger partial charge in [0.25, 0.3) is 0 Å². The lowest BCUT2D eigenvalue weighted by Gasteiger charge is -2.35. The maximum Gasteiger partial charge on any atom is 0.0107 e. The molecule has 0 saturated heterocycles. The molecule has 1 aliphatic heterocycles. The van der Waals surface area contributed by atoms with Gasteiger partial charge in [-0.15, -0.1) is 11.8 Å². The Labute approximate surface area is 127 Å². The molecule has 1 atom stereocenters. The van der Waals surface area contributed by atoms with E-state index < -0.39 is 0 Å². The lowest BCUT2D eigenvalue weighted by molar-refractivity contribution is 0.214. The highest BCUT2D eigenvalue weighted by Gasteiger charge is 2.35. The van der Waals surface area contributed by atoms with E-state index in [2.05, 4.69) is 55.2 Å². The van der Waals surface area contributed by atoms with E-state index in [1.807, 2.05) is 0 Å². The van der Waals surface area contributed by atoms with Crippen LogP contribution in [0.15, 0.2) is 29.2 Å². The second-order valence-corrected chi connectivity index (χ2v) is 7.67. The van der Waals surface area contributed by atoms with E-state index in [1.54, 1.807) is 5.56 Å². The smallest absolute Gasteiger partial charge is 0.0107 e. The molecule has 1 fully saturated rings. The quantitative estimate of drug-likeness (QED) is 0.772. The molecule has 20 heavy (non-hydrogen) atoms. The van der Waals surface area contributed by atoms with E-state index in [0.29, 0.717) is 5.41 Å². The first-order valence-corrected chi connectivity index (χ1v) is 9.20. The van der Waals surface area contributed by atoms with Crippen LogP contribution in [0.3, 0.4) is 0 Å². The minimum atomic E-state index is 0.491. The molecule has 1 nitrogen and oxygen atoms in total. The van der Waals surface area contributed by atoms with Gasteiger partial charge in [-0.2, -0.15) is 0 Å². The fourth-order valence-electron chi connectivity index (χ4n) is 3.43. The predicted octanol–water partition coefficient (Wildman–Crippen LogP) is 4.82. The van der Waals surface area contributed by atoms with E-state index >= 15 is 0 Å². The van der Waals surface area contributed by atoms with E-state index in [1.165, 1.54) is 49.3 Å². The van der Waals surface area contributed by atoms with Gasteiger partial charge in [0.2, 0.25) is 0 Å². The highest BCUT2D eigenvalue weighted by molar-refractivity contribution is 7.99. The van der Waals surface area contributed by atoms with Crippen molar-refractivity contribution in [2.45, 2.75) is 62.8 Å². The summed E-state index contributed by atoms with van der Waals surface area (Å²) in [5, 5.41) is 3.79. The van der Waals surface area contributed by atoms with Gasteiger partial charge in [0.1, 0.15) is 0 Å². The Kier molecular flexibility index (Phi) is 4.42. The molecule has 0 amide bonds. The molecule has 1 aromatic rings. The molecule has 1 N–H and O–H groups in total. The monoisotopic (exact) mass is 289 g/mol. The average molecular weight is 289 g/mol. The summed E-state index contributed by atoms with van der Waals surface area (Å²) in [6, 6.07) is 9.86. The first kappa shape index (κ1) is 14.5. The molecule has 1 unspecified atom stereocenters. The summed E-state index contributed by atoms with van der Waals surface area (Å²) in [4.78, 5) is 1.52. The van der Waals surface area contributed by atoms with Gasteiger partial charge >= 0.3 is 0 Å². The molecular formula is C18H27NS. The summed E-state index contributed by atoms with van der Waals surface area (Å²) in [6.45, 7) is 5.98. The van der Waals surface area contributed by atoms with Gasteiger partial charge in [-0.25, -0.2) is 0 Å². The molecule has 0 aromatic heterocycles. The van der Waals surface area contributed by atoms with Gasteiger partial charge in [-0.05, 0) is 55.1 Å². The Morgan fingerprint density at radius 1 is 1.20 bits per heavy atom. The van der Waals surface area contributed by atoms with Crippen LogP contribution < -0.4 is 5.32 Å². The number of thioether (sulfide) groups is 1. The Morgan fingerprint density at radius 2 is 1.95 bits per heavy atom. The van der Waals surface area contributed by atoms with Crippen LogP contribution in [0, 0.1) is 5.41 Å². The zero-order valence-corrected chi connectivity index (χ0v) is 13.6. The van der Waals surface area contributed by atoms with Crippen molar-refractivity contribution in [2.24, 2.45) is 5.41 Å². The number of nitrogens with one attached hydrogen (secondary N) is 1. The van der Waals surface area contributed by atoms with Crippen molar-refractivity contribution in [2.75, 3.05) is 12.3 Å². The zero-order valence-electron chi connectivity index (χ0n) is 12.8. The number of rotatable bonds is 7. The summed E-state index contributed by atoms with van der Waals surface area (Å²) >= 11 is 2.05. The summed E-state index contributed by atoms with van der Waals surface area (Å²) in [6.07, 6.45) is 6.74. The van der Waals surface area contributed by atoms with Gasteiger partial charge in [0, 0.05) is 23.2 Å². The zero-order chi connectivity index (χ0) is 14.0. The third kappa shape index (κ3) is 3.07. The van der Waals surface area contributed by atoms with Crippen molar-refractivity contribution in [1.82, 2.24) is 5.32 Å². The maximum atomic E-state index is 3.79. The SMILES string of the molecule is CCC(CC)(CNC1CC1)CC1CSc2ccccc21. The highest BCUT2D eigenvalue weighted by Crippen LogP contribution is 2.46. The minimum Gasteiger partial charge on any atom is -0.313 e. The Bertz CT molecular complexity index is 448. The van der Waals surface area contributed by atoms with Crippen LogP contribution in [0.25, 0.3) is 0 Å². The number of fused-ring (bicyclic) bond motifs is 1. The largest absolute Gasteiger partial charge is 0.313 e. The molecule has 1 saturated carbocycles. The normalized spacial score (nSPS) is 22.0. The Morgan fingerprint density at radius 3 is 2.65 bits per heavy atom. The fraction of sp³-hybridized carbons (Fsp3) is 0.667. The number of benzene rings is 1. The summed E-state index contributed by atoms with van der Waals surface area (Å²) in [7, 11) is 0. The van der Waals surface area contributed by atoms with Crippen molar-refractivity contribution in [1.29, 1.82) is 0 Å².